The highest BCUT2D eigenvalue weighted by Gasteiger charge is 2.11. The Morgan fingerprint density at radius 2 is 0.833 bits per heavy atom. The first-order valence-corrected chi connectivity index (χ1v) is 14.8. The molecule has 0 amide bonds. The lowest BCUT2D eigenvalue weighted by Crippen LogP contribution is -2.24. The van der Waals surface area contributed by atoms with Gasteiger partial charge in [0.25, 0.3) is 0 Å². The summed E-state index contributed by atoms with van der Waals surface area (Å²) in [4.78, 5) is 45.2. The van der Waals surface area contributed by atoms with Crippen LogP contribution < -0.4 is 0 Å². The zero-order valence-electron chi connectivity index (χ0n) is 24.9. The topological polar surface area (TPSA) is 146 Å². The minimum Gasteiger partial charge on any atom is -0.463 e. The van der Waals surface area contributed by atoms with E-state index in [-0.39, 0.29) is 38.4 Å². The van der Waals surface area contributed by atoms with Crippen LogP contribution in [0.15, 0.2) is 49.6 Å². The normalized spacial score (nSPS) is 12.5. The summed E-state index contributed by atoms with van der Waals surface area (Å²) in [5.74, 6) is -1.99. The highest BCUT2D eigenvalue weighted by atomic mass is 16.6. The van der Waals surface area contributed by atoms with Gasteiger partial charge in [-0.1, -0.05) is 63.1 Å². The van der Waals surface area contributed by atoms with Crippen molar-refractivity contribution in [3.63, 3.8) is 0 Å². The zero-order chi connectivity index (χ0) is 31.3. The molecule has 42 heavy (non-hydrogen) atoms. The molecule has 10 nitrogen and oxygen atoms in total. The van der Waals surface area contributed by atoms with Crippen LogP contribution in [0.3, 0.4) is 0 Å². The average Bonchev–Trinajstić information content (AvgIpc) is 2.99. The number of aliphatic hydroxyl groups excluding tert-OH is 2. The van der Waals surface area contributed by atoms with E-state index in [0.29, 0.717) is 12.8 Å². The van der Waals surface area contributed by atoms with Gasteiger partial charge in [0.1, 0.15) is 38.6 Å². The lowest BCUT2D eigenvalue weighted by Gasteiger charge is -2.11. The molecule has 0 rings (SSSR count). The van der Waals surface area contributed by atoms with Gasteiger partial charge in [-0.15, -0.1) is 0 Å². The number of hydrogen-bond donors (Lipinski definition) is 2. The highest BCUT2D eigenvalue weighted by Crippen LogP contribution is 2.09. The van der Waals surface area contributed by atoms with Gasteiger partial charge in [0, 0.05) is 25.0 Å². The Labute approximate surface area is 250 Å². The van der Waals surface area contributed by atoms with E-state index in [1.54, 1.807) is 0 Å². The first-order valence-electron chi connectivity index (χ1n) is 14.8. The van der Waals surface area contributed by atoms with Crippen LogP contribution in [0.4, 0.5) is 0 Å². The second-order valence-electron chi connectivity index (χ2n) is 9.77. The SMILES string of the molecule is C=CC(=O)OCC(O)COC(=O)CCCCCC/C=C/CC/C=C/CCCCCCC(=O)OCC(O)COC(=O)C=C. The standard InChI is InChI=1S/C32H50O10/c1-3-29(35)39-23-27(33)25-41-31(37)21-19-17-15-13-11-9-7-5-6-8-10-12-14-16-18-20-22-32(38)42-26-28(34)24-40-30(36)4-2/h3-4,7-10,27-28,33-34H,1-2,5-6,11-26H2/b9-7+,10-8+. The molecule has 0 aliphatic heterocycles. The van der Waals surface area contributed by atoms with E-state index in [9.17, 15) is 29.4 Å². The van der Waals surface area contributed by atoms with Gasteiger partial charge in [-0.25, -0.2) is 9.59 Å². The predicted octanol–water partition coefficient (Wildman–Crippen LogP) is 4.83. The zero-order valence-corrected chi connectivity index (χ0v) is 24.9. The van der Waals surface area contributed by atoms with E-state index in [1.165, 1.54) is 0 Å². The van der Waals surface area contributed by atoms with Crippen molar-refractivity contribution in [2.24, 2.45) is 0 Å². The number of aliphatic hydroxyl groups is 2. The third-order valence-electron chi connectivity index (χ3n) is 5.88. The summed E-state index contributed by atoms with van der Waals surface area (Å²) in [6.07, 6.45) is 21.0. The second-order valence-corrected chi connectivity index (χ2v) is 9.77. The van der Waals surface area contributed by atoms with Crippen molar-refractivity contribution in [1.82, 2.24) is 0 Å². The summed E-state index contributed by atoms with van der Waals surface area (Å²) in [6, 6.07) is 0. The lowest BCUT2D eigenvalue weighted by molar-refractivity contribution is -0.151. The van der Waals surface area contributed by atoms with Crippen LogP contribution in [0, 0.1) is 0 Å². The fourth-order valence-electron chi connectivity index (χ4n) is 3.53. The van der Waals surface area contributed by atoms with Crippen molar-refractivity contribution in [2.45, 2.75) is 102 Å². The Hall–Kier alpha value is -3.24. The number of rotatable bonds is 27. The van der Waals surface area contributed by atoms with E-state index in [4.69, 9.17) is 9.47 Å². The molecule has 0 aromatic heterocycles. The van der Waals surface area contributed by atoms with Gasteiger partial charge in [0.05, 0.1) is 0 Å². The largest absolute Gasteiger partial charge is 0.463 e. The number of carbonyl (C=O) groups excluding carboxylic acids is 4. The molecule has 0 aromatic rings. The minimum atomic E-state index is -1.04. The molecule has 0 heterocycles. The summed E-state index contributed by atoms with van der Waals surface area (Å²) < 4.78 is 19.3. The fourth-order valence-corrected chi connectivity index (χ4v) is 3.53. The Bertz CT molecular complexity index is 765. The van der Waals surface area contributed by atoms with Crippen LogP contribution in [0.1, 0.15) is 89.9 Å². The number of allylic oxidation sites excluding steroid dienone is 4. The second kappa shape index (κ2) is 27.9. The quantitative estimate of drug-likeness (QED) is 0.0446. The predicted molar refractivity (Wildman–Crippen MR) is 159 cm³/mol. The van der Waals surface area contributed by atoms with Crippen molar-refractivity contribution >= 4 is 23.9 Å². The molecule has 238 valence electrons. The third kappa shape index (κ3) is 27.0. The maximum atomic E-state index is 11.7. The van der Waals surface area contributed by atoms with Gasteiger partial charge >= 0.3 is 23.9 Å². The van der Waals surface area contributed by atoms with Crippen molar-refractivity contribution in [2.75, 3.05) is 26.4 Å². The van der Waals surface area contributed by atoms with Crippen LogP contribution in [0.5, 0.6) is 0 Å². The van der Waals surface area contributed by atoms with Crippen molar-refractivity contribution < 1.29 is 48.3 Å². The molecule has 2 N–H and O–H groups in total. The Balaban J connectivity index is 3.49. The molecule has 0 fully saturated rings. The molecule has 2 unspecified atom stereocenters. The Morgan fingerprint density at radius 3 is 1.21 bits per heavy atom. The van der Waals surface area contributed by atoms with Gasteiger partial charge in [-0.2, -0.15) is 0 Å². The fraction of sp³-hybridized carbons (Fsp3) is 0.625. The summed E-state index contributed by atoms with van der Waals surface area (Å²) in [6.45, 7) is 5.65. The molecular formula is C32H50O10. The average molecular weight is 595 g/mol. The van der Waals surface area contributed by atoms with E-state index < -0.39 is 24.1 Å². The monoisotopic (exact) mass is 594 g/mol. The third-order valence-corrected chi connectivity index (χ3v) is 5.88. The first kappa shape index (κ1) is 38.8. The maximum Gasteiger partial charge on any atom is 0.330 e. The molecule has 0 aliphatic carbocycles. The summed E-state index contributed by atoms with van der Waals surface area (Å²) >= 11 is 0. The van der Waals surface area contributed by atoms with Crippen molar-refractivity contribution in [1.29, 1.82) is 0 Å². The lowest BCUT2D eigenvalue weighted by atomic mass is 10.1. The van der Waals surface area contributed by atoms with Crippen molar-refractivity contribution in [3.05, 3.63) is 49.6 Å². The maximum absolute atomic E-state index is 11.7. The molecule has 0 aliphatic rings. The number of ether oxygens (including phenoxy) is 4. The smallest absolute Gasteiger partial charge is 0.330 e. The van der Waals surface area contributed by atoms with Crippen LogP contribution in [-0.2, 0) is 38.1 Å². The van der Waals surface area contributed by atoms with Gasteiger partial charge in [0.2, 0.25) is 0 Å². The van der Waals surface area contributed by atoms with Gasteiger partial charge in [-0.3, -0.25) is 9.59 Å². The van der Waals surface area contributed by atoms with Gasteiger partial charge in [-0.05, 0) is 51.4 Å². The van der Waals surface area contributed by atoms with E-state index in [2.05, 4.69) is 46.9 Å². The highest BCUT2D eigenvalue weighted by molar-refractivity contribution is 5.81. The molecule has 0 bridgehead atoms. The van der Waals surface area contributed by atoms with E-state index in [0.717, 1.165) is 89.2 Å². The number of unbranched alkanes of at least 4 members (excludes halogenated alkanes) is 9. The molecule has 0 spiro atoms. The molecule has 0 saturated carbocycles. The Morgan fingerprint density at radius 1 is 0.500 bits per heavy atom. The molecule has 2 atom stereocenters. The molecular weight excluding hydrogens is 544 g/mol. The molecule has 0 radical (unpaired) electrons. The van der Waals surface area contributed by atoms with Gasteiger partial charge < -0.3 is 29.2 Å². The summed E-state index contributed by atoms with van der Waals surface area (Å²) in [7, 11) is 0. The van der Waals surface area contributed by atoms with Crippen LogP contribution in [0.2, 0.25) is 0 Å². The van der Waals surface area contributed by atoms with Gasteiger partial charge in [0.15, 0.2) is 0 Å². The Kier molecular flexibility index (Phi) is 25.8. The minimum absolute atomic E-state index is 0.196. The van der Waals surface area contributed by atoms with Crippen molar-refractivity contribution in [3.8, 4) is 0 Å². The summed E-state index contributed by atoms with van der Waals surface area (Å²) in [5, 5.41) is 19.2. The van der Waals surface area contributed by atoms with Crippen LogP contribution in [0.25, 0.3) is 0 Å². The first-order chi connectivity index (χ1) is 20.3. The molecule has 10 heteroatoms. The number of esters is 4. The van der Waals surface area contributed by atoms with E-state index >= 15 is 0 Å². The van der Waals surface area contributed by atoms with Crippen LogP contribution >= 0.6 is 0 Å². The molecule has 0 saturated heterocycles. The summed E-state index contributed by atoms with van der Waals surface area (Å²) in [5.41, 5.74) is 0. The molecule has 0 aromatic carbocycles. The van der Waals surface area contributed by atoms with E-state index in [1.807, 2.05) is 0 Å². The van der Waals surface area contributed by atoms with Crippen LogP contribution in [-0.4, -0.2) is 72.7 Å². The number of hydrogen-bond acceptors (Lipinski definition) is 10. The number of carbonyl (C=O) groups is 4.